The summed E-state index contributed by atoms with van der Waals surface area (Å²) in [5, 5.41) is 22.5. The van der Waals surface area contributed by atoms with E-state index in [1.165, 1.54) is 0 Å². The number of aliphatic hydroxyl groups is 1. The number of urea groups is 1. The van der Waals surface area contributed by atoms with E-state index in [9.17, 15) is 9.59 Å². The van der Waals surface area contributed by atoms with E-state index in [0.29, 0.717) is 17.2 Å². The van der Waals surface area contributed by atoms with Crippen molar-refractivity contribution >= 4 is 17.7 Å². The molecule has 20 heavy (non-hydrogen) atoms. The Hall–Kier alpha value is -2.48. The van der Waals surface area contributed by atoms with E-state index in [1.54, 1.807) is 18.2 Å². The molecule has 1 aromatic carbocycles. The highest BCUT2D eigenvalue weighted by molar-refractivity contribution is 5.89. The van der Waals surface area contributed by atoms with Gasteiger partial charge in [-0.15, -0.1) is 0 Å². The predicted molar refractivity (Wildman–Crippen MR) is 67.8 cm³/mol. The fraction of sp³-hybridized carbons (Fsp3) is 0.333. The van der Waals surface area contributed by atoms with Gasteiger partial charge in [0.05, 0.1) is 0 Å². The second-order valence-electron chi connectivity index (χ2n) is 4.09. The molecule has 1 aliphatic heterocycles. The number of benzene rings is 1. The summed E-state index contributed by atoms with van der Waals surface area (Å²) < 4.78 is 10.3. The minimum atomic E-state index is -1.49. The number of amides is 2. The summed E-state index contributed by atoms with van der Waals surface area (Å²) >= 11 is 0. The highest BCUT2D eigenvalue weighted by Crippen LogP contribution is 2.34. The van der Waals surface area contributed by atoms with Crippen LogP contribution in [0.25, 0.3) is 0 Å². The summed E-state index contributed by atoms with van der Waals surface area (Å²) in [6, 6.07) is 4.45. The standard InChI is InChI=1S/C12H14N2O6/c15-8(11(16)17)3-4-13-12(18)14-7-1-2-9-10(5-7)20-6-19-9/h1-2,5,8,15H,3-4,6H2,(H,16,17)(H2,13,14,18). The number of ether oxygens (including phenoxy) is 2. The summed E-state index contributed by atoms with van der Waals surface area (Å²) in [6.07, 6.45) is -1.55. The number of carboxylic acid groups (broad SMARTS) is 1. The molecular weight excluding hydrogens is 268 g/mol. The number of carboxylic acids is 1. The highest BCUT2D eigenvalue weighted by Gasteiger charge is 2.15. The zero-order valence-corrected chi connectivity index (χ0v) is 10.5. The number of nitrogens with one attached hydrogen (secondary N) is 2. The maximum absolute atomic E-state index is 11.5. The fourth-order valence-electron chi connectivity index (χ4n) is 1.60. The second kappa shape index (κ2) is 6.11. The van der Waals surface area contributed by atoms with Crippen LogP contribution in [-0.2, 0) is 4.79 Å². The third-order valence-corrected chi connectivity index (χ3v) is 2.62. The molecule has 0 spiro atoms. The average Bonchev–Trinajstić information content (AvgIpc) is 2.85. The lowest BCUT2D eigenvalue weighted by molar-refractivity contribution is -0.146. The van der Waals surface area contributed by atoms with E-state index in [1.807, 2.05) is 0 Å². The topological polar surface area (TPSA) is 117 Å². The minimum absolute atomic E-state index is 0.0455. The number of aliphatic carboxylic acids is 1. The molecule has 2 amide bonds. The van der Waals surface area contributed by atoms with Gasteiger partial charge in [0.1, 0.15) is 0 Å². The monoisotopic (exact) mass is 282 g/mol. The van der Waals surface area contributed by atoms with E-state index in [2.05, 4.69) is 10.6 Å². The molecule has 0 saturated heterocycles. The van der Waals surface area contributed by atoms with Crippen LogP contribution in [0.5, 0.6) is 11.5 Å². The lowest BCUT2D eigenvalue weighted by atomic mass is 10.2. The SMILES string of the molecule is O=C(NCCC(O)C(=O)O)Nc1ccc2c(c1)OCO2. The molecule has 2 rings (SSSR count). The van der Waals surface area contributed by atoms with E-state index in [-0.39, 0.29) is 19.8 Å². The Morgan fingerprint density at radius 1 is 1.30 bits per heavy atom. The summed E-state index contributed by atoms with van der Waals surface area (Å²) in [6.45, 7) is 0.196. The zero-order chi connectivity index (χ0) is 14.5. The average molecular weight is 282 g/mol. The Labute approximate surface area is 114 Å². The molecule has 8 nitrogen and oxygen atoms in total. The summed E-state index contributed by atoms with van der Waals surface area (Å²) in [5.41, 5.74) is 0.519. The van der Waals surface area contributed by atoms with Crippen molar-refractivity contribution < 1.29 is 29.3 Å². The first-order valence-corrected chi connectivity index (χ1v) is 5.91. The molecule has 108 valence electrons. The van der Waals surface area contributed by atoms with Gasteiger partial charge in [-0.05, 0) is 12.1 Å². The van der Waals surface area contributed by atoms with Crippen molar-refractivity contribution in [2.24, 2.45) is 0 Å². The fourth-order valence-corrected chi connectivity index (χ4v) is 1.60. The molecule has 1 aliphatic rings. The van der Waals surface area contributed by atoms with Crippen molar-refractivity contribution in [1.82, 2.24) is 5.32 Å². The Bertz CT molecular complexity index is 519. The molecule has 0 radical (unpaired) electrons. The largest absolute Gasteiger partial charge is 0.479 e. The molecule has 8 heteroatoms. The van der Waals surface area contributed by atoms with Crippen molar-refractivity contribution in [1.29, 1.82) is 0 Å². The summed E-state index contributed by atoms with van der Waals surface area (Å²) in [7, 11) is 0. The molecule has 0 aliphatic carbocycles. The summed E-state index contributed by atoms with van der Waals surface area (Å²) in [4.78, 5) is 21.9. The molecule has 0 aromatic heterocycles. The number of anilines is 1. The van der Waals surface area contributed by atoms with Crippen molar-refractivity contribution in [2.75, 3.05) is 18.7 Å². The maximum atomic E-state index is 11.5. The molecule has 1 heterocycles. The zero-order valence-electron chi connectivity index (χ0n) is 10.5. The van der Waals surface area contributed by atoms with Crippen LogP contribution >= 0.6 is 0 Å². The lowest BCUT2D eigenvalue weighted by Gasteiger charge is -2.09. The van der Waals surface area contributed by atoms with Crippen LogP contribution in [0.1, 0.15) is 6.42 Å². The van der Waals surface area contributed by atoms with Gasteiger partial charge in [-0.1, -0.05) is 0 Å². The Balaban J connectivity index is 1.78. The lowest BCUT2D eigenvalue weighted by Crippen LogP contribution is -2.33. The number of rotatable bonds is 5. The van der Waals surface area contributed by atoms with Gasteiger partial charge in [-0.3, -0.25) is 0 Å². The van der Waals surface area contributed by atoms with Crippen LogP contribution in [-0.4, -0.2) is 41.7 Å². The van der Waals surface area contributed by atoms with Crippen molar-refractivity contribution in [3.05, 3.63) is 18.2 Å². The first-order valence-electron chi connectivity index (χ1n) is 5.91. The molecule has 1 atom stereocenters. The van der Waals surface area contributed by atoms with Crippen LogP contribution in [0, 0.1) is 0 Å². The molecule has 0 bridgehead atoms. The van der Waals surface area contributed by atoms with E-state index in [4.69, 9.17) is 19.7 Å². The van der Waals surface area contributed by atoms with Gasteiger partial charge in [-0.25, -0.2) is 9.59 Å². The normalized spacial score (nSPS) is 13.7. The summed E-state index contributed by atoms with van der Waals surface area (Å²) in [5.74, 6) is -0.160. The molecule has 0 saturated carbocycles. The smallest absolute Gasteiger partial charge is 0.332 e. The minimum Gasteiger partial charge on any atom is -0.479 e. The highest BCUT2D eigenvalue weighted by atomic mass is 16.7. The predicted octanol–water partition coefficient (Wildman–Crippen LogP) is 0.372. The first-order chi connectivity index (χ1) is 9.56. The second-order valence-corrected chi connectivity index (χ2v) is 4.09. The van der Waals surface area contributed by atoms with Crippen LogP contribution in [0.2, 0.25) is 0 Å². The third-order valence-electron chi connectivity index (χ3n) is 2.62. The van der Waals surface area contributed by atoms with Crippen LogP contribution < -0.4 is 20.1 Å². The Morgan fingerprint density at radius 2 is 2.05 bits per heavy atom. The maximum Gasteiger partial charge on any atom is 0.332 e. The van der Waals surface area contributed by atoms with Crippen molar-refractivity contribution in [3.8, 4) is 11.5 Å². The van der Waals surface area contributed by atoms with Gasteiger partial charge in [0, 0.05) is 24.7 Å². The Kier molecular flexibility index (Phi) is 4.26. The van der Waals surface area contributed by atoms with Gasteiger partial charge in [0.15, 0.2) is 17.6 Å². The van der Waals surface area contributed by atoms with Crippen molar-refractivity contribution in [3.63, 3.8) is 0 Å². The van der Waals surface area contributed by atoms with Crippen LogP contribution in [0.3, 0.4) is 0 Å². The number of carbonyl (C=O) groups excluding carboxylic acids is 1. The van der Waals surface area contributed by atoms with E-state index >= 15 is 0 Å². The van der Waals surface area contributed by atoms with Gasteiger partial charge < -0.3 is 30.3 Å². The van der Waals surface area contributed by atoms with Gasteiger partial charge in [0.25, 0.3) is 0 Å². The third kappa shape index (κ3) is 3.51. The molecule has 1 aromatic rings. The number of carbonyl (C=O) groups is 2. The first kappa shape index (κ1) is 13.9. The van der Waals surface area contributed by atoms with Crippen LogP contribution in [0.4, 0.5) is 10.5 Å². The van der Waals surface area contributed by atoms with Gasteiger partial charge in [-0.2, -0.15) is 0 Å². The molecule has 0 fully saturated rings. The molecule has 4 N–H and O–H groups in total. The number of hydrogen-bond acceptors (Lipinski definition) is 5. The number of hydrogen-bond donors (Lipinski definition) is 4. The molecule has 1 unspecified atom stereocenters. The quantitative estimate of drug-likeness (QED) is 0.620. The Morgan fingerprint density at radius 3 is 2.80 bits per heavy atom. The van der Waals surface area contributed by atoms with Crippen LogP contribution in [0.15, 0.2) is 18.2 Å². The van der Waals surface area contributed by atoms with E-state index < -0.39 is 18.1 Å². The van der Waals surface area contributed by atoms with Crippen molar-refractivity contribution in [2.45, 2.75) is 12.5 Å². The number of aliphatic hydroxyl groups excluding tert-OH is 1. The number of fused-ring (bicyclic) bond motifs is 1. The molecular formula is C12H14N2O6. The van der Waals surface area contributed by atoms with Gasteiger partial charge >= 0.3 is 12.0 Å². The van der Waals surface area contributed by atoms with Gasteiger partial charge in [0.2, 0.25) is 6.79 Å². The van der Waals surface area contributed by atoms with E-state index in [0.717, 1.165) is 0 Å².